The minimum absolute atomic E-state index is 0.179. The van der Waals surface area contributed by atoms with Gasteiger partial charge in [-0.05, 0) is 30.3 Å². The Bertz CT molecular complexity index is 670. The molecule has 0 atom stereocenters. The molecular weight excluding hydrogens is 344 g/mol. The Morgan fingerprint density at radius 1 is 1.05 bits per heavy atom. The second kappa shape index (κ2) is 6.22. The first-order valence-electron chi connectivity index (χ1n) is 5.33. The van der Waals surface area contributed by atoms with Gasteiger partial charge in [0.2, 0.25) is 0 Å². The molecule has 2 rings (SSSR count). The van der Waals surface area contributed by atoms with Crippen LogP contribution >= 0.6 is 47.4 Å². The molecule has 0 saturated carbocycles. The smallest absolute Gasteiger partial charge is 0.257 e. The summed E-state index contributed by atoms with van der Waals surface area (Å²) < 4.78 is 13.3. The molecule has 0 spiro atoms. The highest BCUT2D eigenvalue weighted by Crippen LogP contribution is 2.28. The van der Waals surface area contributed by atoms with E-state index in [2.05, 4.69) is 17.9 Å². The zero-order valence-corrected chi connectivity index (χ0v) is 12.9. The van der Waals surface area contributed by atoms with Gasteiger partial charge in [0.05, 0.1) is 20.6 Å². The fraction of sp³-hybridized carbons (Fsp3) is 0. The summed E-state index contributed by atoms with van der Waals surface area (Å²) in [4.78, 5) is 12.7. The van der Waals surface area contributed by atoms with Crippen LogP contribution in [0, 0.1) is 5.82 Å². The normalized spacial score (nSPS) is 10.4. The van der Waals surface area contributed by atoms with Crippen LogP contribution in [0.1, 0.15) is 10.4 Å². The first kappa shape index (κ1) is 15.4. The Morgan fingerprint density at radius 2 is 1.65 bits per heavy atom. The van der Waals surface area contributed by atoms with Crippen molar-refractivity contribution in [2.75, 3.05) is 5.32 Å². The Labute approximate surface area is 135 Å². The first-order valence-corrected chi connectivity index (χ1v) is 6.91. The number of anilines is 1. The summed E-state index contributed by atoms with van der Waals surface area (Å²) >= 11 is 21.4. The number of hydrogen-bond acceptors (Lipinski definition) is 2. The molecule has 1 N–H and O–H groups in total. The van der Waals surface area contributed by atoms with Gasteiger partial charge in [0, 0.05) is 10.6 Å². The van der Waals surface area contributed by atoms with Crippen molar-refractivity contribution in [2.24, 2.45) is 0 Å². The van der Waals surface area contributed by atoms with E-state index in [4.69, 9.17) is 34.8 Å². The zero-order valence-electron chi connectivity index (χ0n) is 9.75. The number of thiol groups is 1. The number of amides is 1. The van der Waals surface area contributed by atoms with Gasteiger partial charge >= 0.3 is 0 Å². The zero-order chi connectivity index (χ0) is 14.9. The number of rotatable bonds is 2. The van der Waals surface area contributed by atoms with Crippen LogP contribution in [0.4, 0.5) is 10.1 Å². The maximum absolute atomic E-state index is 13.3. The molecule has 0 radical (unpaired) electrons. The van der Waals surface area contributed by atoms with E-state index in [1.165, 1.54) is 18.2 Å². The molecule has 104 valence electrons. The summed E-state index contributed by atoms with van der Waals surface area (Å²) in [6.07, 6.45) is 0. The second-order valence-electron chi connectivity index (χ2n) is 3.87. The lowest BCUT2D eigenvalue weighted by molar-refractivity contribution is 0.102. The van der Waals surface area contributed by atoms with Crippen molar-refractivity contribution in [1.29, 1.82) is 0 Å². The molecule has 0 bridgehead atoms. The average Bonchev–Trinajstić information content (AvgIpc) is 2.38. The van der Waals surface area contributed by atoms with Gasteiger partial charge in [-0.2, -0.15) is 0 Å². The number of halogens is 4. The van der Waals surface area contributed by atoms with Crippen LogP contribution in [0.25, 0.3) is 0 Å². The van der Waals surface area contributed by atoms with Gasteiger partial charge in [0.25, 0.3) is 5.91 Å². The maximum Gasteiger partial charge on any atom is 0.257 e. The highest BCUT2D eigenvalue weighted by Gasteiger charge is 2.13. The van der Waals surface area contributed by atoms with E-state index in [1.54, 1.807) is 12.1 Å². The van der Waals surface area contributed by atoms with Crippen molar-refractivity contribution in [3.63, 3.8) is 0 Å². The van der Waals surface area contributed by atoms with E-state index < -0.39 is 11.7 Å². The molecule has 7 heteroatoms. The molecule has 0 saturated heterocycles. The van der Waals surface area contributed by atoms with E-state index in [0.29, 0.717) is 4.90 Å². The second-order valence-corrected chi connectivity index (χ2v) is 5.61. The molecule has 0 heterocycles. The average molecular weight is 351 g/mol. The Hall–Kier alpha value is -0.940. The lowest BCUT2D eigenvalue weighted by atomic mass is 10.2. The van der Waals surface area contributed by atoms with E-state index in [1.807, 2.05) is 0 Å². The van der Waals surface area contributed by atoms with E-state index in [-0.39, 0.29) is 26.3 Å². The predicted molar refractivity (Wildman–Crippen MR) is 83.1 cm³/mol. The number of nitrogens with one attached hydrogen (secondary N) is 1. The van der Waals surface area contributed by atoms with Gasteiger partial charge in [-0.15, -0.1) is 12.6 Å². The highest BCUT2D eigenvalue weighted by atomic mass is 35.5. The lowest BCUT2D eigenvalue weighted by Gasteiger charge is -2.09. The highest BCUT2D eigenvalue weighted by molar-refractivity contribution is 7.80. The Balaban J connectivity index is 2.30. The van der Waals surface area contributed by atoms with Crippen molar-refractivity contribution in [1.82, 2.24) is 0 Å². The summed E-state index contributed by atoms with van der Waals surface area (Å²) in [7, 11) is 0. The molecule has 2 aromatic carbocycles. The molecule has 2 nitrogen and oxygen atoms in total. The van der Waals surface area contributed by atoms with Gasteiger partial charge in [-0.1, -0.05) is 34.8 Å². The first-order chi connectivity index (χ1) is 9.38. The van der Waals surface area contributed by atoms with Crippen molar-refractivity contribution >= 4 is 59.0 Å². The molecule has 0 aliphatic rings. The van der Waals surface area contributed by atoms with Crippen LogP contribution in [-0.2, 0) is 0 Å². The van der Waals surface area contributed by atoms with Crippen LogP contribution in [0.5, 0.6) is 0 Å². The van der Waals surface area contributed by atoms with Gasteiger partial charge in [-0.25, -0.2) is 4.39 Å². The van der Waals surface area contributed by atoms with E-state index >= 15 is 0 Å². The minimum Gasteiger partial charge on any atom is -0.322 e. The lowest BCUT2D eigenvalue weighted by Crippen LogP contribution is -2.12. The number of carbonyl (C=O) groups is 1. The third kappa shape index (κ3) is 3.38. The van der Waals surface area contributed by atoms with Gasteiger partial charge in [0.15, 0.2) is 5.82 Å². The van der Waals surface area contributed by atoms with Crippen molar-refractivity contribution in [2.45, 2.75) is 4.90 Å². The van der Waals surface area contributed by atoms with Crippen molar-refractivity contribution < 1.29 is 9.18 Å². The summed E-state index contributed by atoms with van der Waals surface area (Å²) in [6, 6.07) is 7.27. The molecular formula is C13H7Cl3FNOS. The Kier molecular flexibility index (Phi) is 4.81. The van der Waals surface area contributed by atoms with Gasteiger partial charge in [0.1, 0.15) is 0 Å². The molecule has 0 aliphatic carbocycles. The van der Waals surface area contributed by atoms with Crippen molar-refractivity contribution in [3.8, 4) is 0 Å². The maximum atomic E-state index is 13.3. The molecule has 0 aromatic heterocycles. The number of hydrogen-bond donors (Lipinski definition) is 2. The van der Waals surface area contributed by atoms with E-state index in [9.17, 15) is 9.18 Å². The fourth-order valence-electron chi connectivity index (χ4n) is 1.51. The SMILES string of the molecule is O=C(Nc1cc(Cl)c(F)c(Cl)c1)c1cc(S)ccc1Cl. The van der Waals surface area contributed by atoms with Crippen LogP contribution in [0.2, 0.25) is 15.1 Å². The summed E-state index contributed by atoms with van der Waals surface area (Å²) in [5.41, 5.74) is 0.516. The topological polar surface area (TPSA) is 29.1 Å². The standard InChI is InChI=1S/C13H7Cl3FNOS/c14-9-2-1-7(20)5-8(9)13(19)18-6-3-10(15)12(17)11(16)4-6/h1-5,20H,(H,18,19). The largest absolute Gasteiger partial charge is 0.322 e. The summed E-state index contributed by atoms with van der Waals surface area (Å²) in [5, 5.41) is 2.46. The Morgan fingerprint density at radius 3 is 2.25 bits per heavy atom. The van der Waals surface area contributed by atoms with Crippen LogP contribution in [0.15, 0.2) is 35.2 Å². The quantitative estimate of drug-likeness (QED) is 0.556. The minimum atomic E-state index is -0.735. The van der Waals surface area contributed by atoms with Crippen LogP contribution < -0.4 is 5.32 Å². The fourth-order valence-corrected chi connectivity index (χ4v) is 2.41. The third-order valence-electron chi connectivity index (χ3n) is 2.44. The molecule has 0 aliphatic heterocycles. The molecule has 2 aromatic rings. The number of carbonyl (C=O) groups excluding carboxylic acids is 1. The van der Waals surface area contributed by atoms with Crippen molar-refractivity contribution in [3.05, 3.63) is 56.8 Å². The third-order valence-corrected chi connectivity index (χ3v) is 3.59. The summed E-state index contributed by atoms with van der Waals surface area (Å²) in [6.45, 7) is 0. The molecule has 20 heavy (non-hydrogen) atoms. The monoisotopic (exact) mass is 349 g/mol. The molecule has 0 unspecified atom stereocenters. The molecule has 1 amide bonds. The van der Waals surface area contributed by atoms with Gasteiger partial charge in [-0.3, -0.25) is 4.79 Å². The van der Waals surface area contributed by atoms with Gasteiger partial charge < -0.3 is 5.32 Å². The van der Waals surface area contributed by atoms with Crippen LogP contribution in [0.3, 0.4) is 0 Å². The number of benzene rings is 2. The molecule has 0 fully saturated rings. The van der Waals surface area contributed by atoms with Crippen LogP contribution in [-0.4, -0.2) is 5.91 Å². The predicted octanol–water partition coefficient (Wildman–Crippen LogP) is 5.33. The summed E-state index contributed by atoms with van der Waals surface area (Å²) in [5.74, 6) is -1.20. The van der Waals surface area contributed by atoms with E-state index in [0.717, 1.165) is 0 Å².